The Morgan fingerprint density at radius 3 is 2.27 bits per heavy atom. The monoisotopic (exact) mass is 157 g/mol. The van der Waals surface area contributed by atoms with Crippen molar-refractivity contribution in [3.05, 3.63) is 0 Å². The lowest BCUT2D eigenvalue weighted by Gasteiger charge is -2.31. The van der Waals surface area contributed by atoms with Crippen molar-refractivity contribution in [1.82, 2.24) is 4.90 Å². The van der Waals surface area contributed by atoms with Gasteiger partial charge in [-0.15, -0.1) is 0 Å². The quantitative estimate of drug-likeness (QED) is 0.565. The van der Waals surface area contributed by atoms with Gasteiger partial charge in [-0.05, 0) is 32.9 Å². The van der Waals surface area contributed by atoms with E-state index in [1.165, 1.54) is 32.2 Å². The summed E-state index contributed by atoms with van der Waals surface area (Å²) in [5, 5.41) is 0. The molecule has 0 aliphatic carbocycles. The van der Waals surface area contributed by atoms with E-state index < -0.39 is 0 Å². The molecule has 0 saturated carbocycles. The first-order chi connectivity index (χ1) is 5.34. The lowest BCUT2D eigenvalue weighted by atomic mass is 10.0. The van der Waals surface area contributed by atoms with Gasteiger partial charge in [0.15, 0.2) is 0 Å². The summed E-state index contributed by atoms with van der Waals surface area (Å²) in [6, 6.07) is 0.888. The van der Waals surface area contributed by atoms with Gasteiger partial charge >= 0.3 is 0 Å². The van der Waals surface area contributed by atoms with Crippen molar-refractivity contribution in [2.45, 2.75) is 52.5 Å². The molecule has 1 heterocycles. The fourth-order valence-corrected chi connectivity index (χ4v) is 1.66. The van der Waals surface area contributed by atoms with Crippen molar-refractivity contribution < 1.29 is 0 Å². The molecular weight excluding hydrogens is 134 g/mol. The molecule has 0 amide bonds. The summed E-state index contributed by atoms with van der Waals surface area (Å²) in [6.45, 7) is 7.60. The van der Waals surface area contributed by atoms with Crippen LogP contribution in [0.5, 0.6) is 0 Å². The molecule has 1 saturated heterocycles. The fraction of sp³-hybridized carbons (Fsp3) is 1.00. The summed E-state index contributed by atoms with van der Waals surface area (Å²) >= 11 is 0. The third-order valence-electron chi connectivity index (χ3n) is 2.39. The number of likely N-dealkylation sites (tertiary alicyclic amines) is 1. The van der Waals surface area contributed by atoms with E-state index in [0.29, 0.717) is 0 Å². The van der Waals surface area contributed by atoms with E-state index >= 15 is 0 Å². The van der Waals surface area contributed by atoms with E-state index in [4.69, 9.17) is 0 Å². The second kappa shape index (κ2) is 6.66. The molecule has 0 aromatic rings. The predicted molar refractivity (Wildman–Crippen MR) is 51.9 cm³/mol. The van der Waals surface area contributed by atoms with Gasteiger partial charge < -0.3 is 4.90 Å². The maximum atomic E-state index is 2.49. The molecule has 1 atom stereocenters. The zero-order chi connectivity index (χ0) is 8.69. The van der Waals surface area contributed by atoms with Crippen LogP contribution in [0.25, 0.3) is 0 Å². The number of nitrogens with zero attached hydrogens (tertiary/aromatic N) is 1. The van der Waals surface area contributed by atoms with Crippen LogP contribution < -0.4 is 0 Å². The molecule has 1 fully saturated rings. The maximum absolute atomic E-state index is 2.49. The van der Waals surface area contributed by atoms with Crippen molar-refractivity contribution in [2.75, 3.05) is 13.6 Å². The molecule has 0 N–H and O–H groups in total. The van der Waals surface area contributed by atoms with E-state index in [9.17, 15) is 0 Å². The highest BCUT2D eigenvalue weighted by Crippen LogP contribution is 2.16. The van der Waals surface area contributed by atoms with Crippen LogP contribution in [0, 0.1) is 0 Å². The Kier molecular flexibility index (Phi) is 6.63. The zero-order valence-corrected chi connectivity index (χ0v) is 8.56. The molecule has 1 nitrogen and oxygen atoms in total. The van der Waals surface area contributed by atoms with Crippen molar-refractivity contribution in [1.29, 1.82) is 0 Å². The van der Waals surface area contributed by atoms with Crippen LogP contribution in [-0.4, -0.2) is 24.5 Å². The normalized spacial score (nSPS) is 25.6. The highest BCUT2D eigenvalue weighted by atomic mass is 15.1. The minimum atomic E-state index is 0.888. The molecule has 0 aromatic heterocycles. The summed E-state index contributed by atoms with van der Waals surface area (Å²) < 4.78 is 0. The molecule has 0 bridgehead atoms. The van der Waals surface area contributed by atoms with Gasteiger partial charge in [-0.3, -0.25) is 0 Å². The van der Waals surface area contributed by atoms with Gasteiger partial charge in [-0.2, -0.15) is 0 Å². The second-order valence-electron chi connectivity index (χ2n) is 3.04. The number of hydrogen-bond donors (Lipinski definition) is 0. The summed E-state index contributed by atoms with van der Waals surface area (Å²) in [5.74, 6) is 0. The first-order valence-corrected chi connectivity index (χ1v) is 5.05. The molecule has 1 aliphatic heterocycles. The standard InChI is InChI=1S/C8H17N.C2H6/c1-3-8-6-4-5-7-9(8)2;1-2/h8H,3-7H2,1-2H3;1-2H3. The zero-order valence-electron chi connectivity index (χ0n) is 8.56. The van der Waals surface area contributed by atoms with Crippen LogP contribution in [0.3, 0.4) is 0 Å². The van der Waals surface area contributed by atoms with E-state index in [-0.39, 0.29) is 0 Å². The highest BCUT2D eigenvalue weighted by Gasteiger charge is 2.15. The van der Waals surface area contributed by atoms with Gasteiger partial charge in [0, 0.05) is 6.04 Å². The molecule has 0 radical (unpaired) electrons. The minimum absolute atomic E-state index is 0.888. The third kappa shape index (κ3) is 3.76. The van der Waals surface area contributed by atoms with Gasteiger partial charge in [0.05, 0.1) is 0 Å². The lowest BCUT2D eigenvalue weighted by Crippen LogP contribution is -2.35. The summed E-state index contributed by atoms with van der Waals surface area (Å²) in [5.41, 5.74) is 0. The summed E-state index contributed by atoms with van der Waals surface area (Å²) in [6.07, 6.45) is 5.61. The minimum Gasteiger partial charge on any atom is -0.303 e. The largest absolute Gasteiger partial charge is 0.303 e. The van der Waals surface area contributed by atoms with Crippen LogP contribution in [0.1, 0.15) is 46.5 Å². The molecule has 68 valence electrons. The Hall–Kier alpha value is -0.0400. The molecule has 1 unspecified atom stereocenters. The third-order valence-corrected chi connectivity index (χ3v) is 2.39. The second-order valence-corrected chi connectivity index (χ2v) is 3.04. The Labute approximate surface area is 71.8 Å². The Morgan fingerprint density at radius 2 is 1.91 bits per heavy atom. The number of rotatable bonds is 1. The molecule has 1 rings (SSSR count). The average molecular weight is 157 g/mol. The van der Waals surface area contributed by atoms with E-state index in [1.807, 2.05) is 13.8 Å². The van der Waals surface area contributed by atoms with Crippen LogP contribution in [-0.2, 0) is 0 Å². The molecule has 1 heteroatoms. The lowest BCUT2D eigenvalue weighted by molar-refractivity contribution is 0.181. The summed E-state index contributed by atoms with van der Waals surface area (Å²) in [7, 11) is 2.24. The molecule has 0 spiro atoms. The highest BCUT2D eigenvalue weighted by molar-refractivity contribution is 4.71. The van der Waals surface area contributed by atoms with E-state index in [1.54, 1.807) is 0 Å². The SMILES string of the molecule is CC.CCC1CCCCN1C. The van der Waals surface area contributed by atoms with Crippen LogP contribution in [0.2, 0.25) is 0 Å². The van der Waals surface area contributed by atoms with Crippen molar-refractivity contribution in [2.24, 2.45) is 0 Å². The predicted octanol–water partition coefficient (Wildman–Crippen LogP) is 2.91. The molecule has 1 aliphatic rings. The van der Waals surface area contributed by atoms with Gasteiger partial charge in [0.25, 0.3) is 0 Å². The number of piperidine rings is 1. The van der Waals surface area contributed by atoms with Gasteiger partial charge in [-0.25, -0.2) is 0 Å². The first-order valence-electron chi connectivity index (χ1n) is 5.05. The molecule has 11 heavy (non-hydrogen) atoms. The molecule has 0 aromatic carbocycles. The van der Waals surface area contributed by atoms with Crippen LogP contribution in [0.15, 0.2) is 0 Å². The van der Waals surface area contributed by atoms with E-state index in [2.05, 4.69) is 18.9 Å². The fourth-order valence-electron chi connectivity index (χ4n) is 1.66. The van der Waals surface area contributed by atoms with Gasteiger partial charge in [0.2, 0.25) is 0 Å². The Morgan fingerprint density at radius 1 is 1.27 bits per heavy atom. The smallest absolute Gasteiger partial charge is 0.00895 e. The number of hydrogen-bond acceptors (Lipinski definition) is 1. The van der Waals surface area contributed by atoms with Gasteiger partial charge in [0.1, 0.15) is 0 Å². The van der Waals surface area contributed by atoms with Crippen molar-refractivity contribution >= 4 is 0 Å². The Balaban J connectivity index is 0.000000461. The van der Waals surface area contributed by atoms with Crippen molar-refractivity contribution in [3.8, 4) is 0 Å². The molecular formula is C10H23N. The Bertz CT molecular complexity index is 80.9. The van der Waals surface area contributed by atoms with Crippen molar-refractivity contribution in [3.63, 3.8) is 0 Å². The summed E-state index contributed by atoms with van der Waals surface area (Å²) in [4.78, 5) is 2.49. The first kappa shape index (κ1) is 11.0. The maximum Gasteiger partial charge on any atom is 0.00895 e. The topological polar surface area (TPSA) is 3.24 Å². The van der Waals surface area contributed by atoms with Crippen LogP contribution in [0.4, 0.5) is 0 Å². The van der Waals surface area contributed by atoms with E-state index in [0.717, 1.165) is 6.04 Å². The van der Waals surface area contributed by atoms with Gasteiger partial charge in [-0.1, -0.05) is 27.2 Å². The average Bonchev–Trinajstić information content (AvgIpc) is 2.09. The van der Waals surface area contributed by atoms with Crippen LogP contribution >= 0.6 is 0 Å².